The molecule has 1 aliphatic rings. The number of piperidine rings is 1. The number of aromatic nitrogens is 1. The van der Waals surface area contributed by atoms with Crippen LogP contribution in [0.15, 0.2) is 41.7 Å². The van der Waals surface area contributed by atoms with Crippen molar-refractivity contribution >= 4 is 35.1 Å². The van der Waals surface area contributed by atoms with Crippen molar-refractivity contribution in [3.05, 3.63) is 58.9 Å². The molecule has 2 aromatic rings. The number of rotatable bonds is 8. The lowest BCUT2D eigenvalue weighted by atomic mass is 10.00. The van der Waals surface area contributed by atoms with Crippen LogP contribution in [0.3, 0.4) is 0 Å². The minimum atomic E-state index is -1.13. The SMILES string of the molecule is C=C(F)C(=O)Nc1ccc(C(Sc2nc(N3CCC(N)CC3)c(C#N)c(CC)c2C#N)C(N)=O)cc1. The zero-order chi connectivity index (χ0) is 26.4. The van der Waals surface area contributed by atoms with Gasteiger partial charge in [-0.05, 0) is 42.5 Å². The van der Waals surface area contributed by atoms with Crippen molar-refractivity contribution in [1.82, 2.24) is 4.98 Å². The topological polar surface area (TPSA) is 162 Å². The summed E-state index contributed by atoms with van der Waals surface area (Å²) in [5, 5.41) is 21.6. The summed E-state index contributed by atoms with van der Waals surface area (Å²) in [6.07, 6.45) is 1.93. The zero-order valence-corrected chi connectivity index (χ0v) is 20.6. The molecule has 1 atom stereocenters. The van der Waals surface area contributed by atoms with Crippen molar-refractivity contribution in [3.63, 3.8) is 0 Å². The number of primary amides is 1. The Balaban J connectivity index is 2.01. The number of nitrogens with one attached hydrogen (secondary N) is 1. The molecule has 2 heterocycles. The molecule has 186 valence electrons. The van der Waals surface area contributed by atoms with Gasteiger partial charge in [-0.3, -0.25) is 9.59 Å². The first-order valence-electron chi connectivity index (χ1n) is 11.3. The molecule has 0 radical (unpaired) electrons. The number of nitrogens with two attached hydrogens (primary N) is 2. The maximum atomic E-state index is 13.0. The molecule has 36 heavy (non-hydrogen) atoms. The van der Waals surface area contributed by atoms with Gasteiger partial charge in [0.05, 0.1) is 11.1 Å². The fourth-order valence-electron chi connectivity index (χ4n) is 3.95. The largest absolute Gasteiger partial charge is 0.368 e. The third kappa shape index (κ3) is 5.82. The highest BCUT2D eigenvalue weighted by atomic mass is 32.2. The van der Waals surface area contributed by atoms with E-state index in [2.05, 4.69) is 29.0 Å². The second-order valence-corrected chi connectivity index (χ2v) is 9.35. The fourth-order valence-corrected chi connectivity index (χ4v) is 5.01. The van der Waals surface area contributed by atoms with Gasteiger partial charge in [0.15, 0.2) is 5.83 Å². The van der Waals surface area contributed by atoms with Gasteiger partial charge in [-0.2, -0.15) is 10.5 Å². The number of hydrogen-bond acceptors (Lipinski definition) is 8. The minimum absolute atomic E-state index is 0.0830. The van der Waals surface area contributed by atoms with E-state index in [1.54, 1.807) is 12.1 Å². The van der Waals surface area contributed by atoms with E-state index in [0.29, 0.717) is 52.7 Å². The Hall–Kier alpha value is -3.93. The number of halogens is 1. The molecule has 9 nitrogen and oxygen atoms in total. The van der Waals surface area contributed by atoms with Crippen molar-refractivity contribution in [2.75, 3.05) is 23.3 Å². The van der Waals surface area contributed by atoms with Crippen LogP contribution in [0.4, 0.5) is 15.9 Å². The number of amides is 2. The van der Waals surface area contributed by atoms with E-state index in [1.807, 2.05) is 11.8 Å². The van der Waals surface area contributed by atoms with Crippen LogP contribution in [0.5, 0.6) is 0 Å². The highest BCUT2D eigenvalue weighted by molar-refractivity contribution is 8.00. The van der Waals surface area contributed by atoms with Gasteiger partial charge < -0.3 is 21.7 Å². The van der Waals surface area contributed by atoms with Gasteiger partial charge in [0.2, 0.25) is 5.91 Å². The minimum Gasteiger partial charge on any atom is -0.368 e. The van der Waals surface area contributed by atoms with Crippen molar-refractivity contribution in [3.8, 4) is 12.1 Å². The second kappa shape index (κ2) is 11.7. The predicted molar refractivity (Wildman–Crippen MR) is 136 cm³/mol. The Morgan fingerprint density at radius 3 is 2.36 bits per heavy atom. The maximum absolute atomic E-state index is 13.0. The number of hydrogen-bond donors (Lipinski definition) is 3. The fraction of sp³-hybridized carbons (Fsp3) is 0.320. The molecule has 0 bridgehead atoms. The van der Waals surface area contributed by atoms with E-state index in [9.17, 15) is 24.5 Å². The van der Waals surface area contributed by atoms with E-state index in [4.69, 9.17) is 11.5 Å². The summed E-state index contributed by atoms with van der Waals surface area (Å²) in [6.45, 7) is 6.05. The highest BCUT2D eigenvalue weighted by Crippen LogP contribution is 2.40. The van der Waals surface area contributed by atoms with Crippen molar-refractivity contribution in [2.24, 2.45) is 11.5 Å². The first kappa shape index (κ1) is 26.7. The van der Waals surface area contributed by atoms with Crippen LogP contribution in [-0.2, 0) is 16.0 Å². The van der Waals surface area contributed by atoms with Gasteiger partial charge >= 0.3 is 0 Å². The maximum Gasteiger partial charge on any atom is 0.283 e. The number of thioether (sulfide) groups is 1. The number of nitrogens with zero attached hydrogens (tertiary/aromatic N) is 4. The van der Waals surface area contributed by atoms with Crippen LogP contribution in [0.2, 0.25) is 0 Å². The van der Waals surface area contributed by atoms with Gasteiger partial charge in [-0.25, -0.2) is 9.37 Å². The van der Waals surface area contributed by atoms with Gasteiger partial charge in [-0.1, -0.05) is 37.4 Å². The molecular formula is C25H26FN7O2S. The standard InChI is InChI=1S/C25H26FN7O2S/c1-3-18-19(12-27)23(33-10-8-16(29)9-11-33)32-25(20(18)13-28)36-21(22(30)34)15-4-6-17(7-5-15)31-24(35)14(2)26/h4-7,16,21H,2-3,8-11,29H2,1H3,(H2,30,34)(H,31,35). The predicted octanol–water partition coefficient (Wildman–Crippen LogP) is 3.06. The van der Waals surface area contributed by atoms with Crippen molar-refractivity contribution in [1.29, 1.82) is 10.5 Å². The van der Waals surface area contributed by atoms with E-state index >= 15 is 0 Å². The molecule has 11 heteroatoms. The monoisotopic (exact) mass is 507 g/mol. The molecule has 0 saturated carbocycles. The Morgan fingerprint density at radius 2 is 1.86 bits per heavy atom. The summed E-state index contributed by atoms with van der Waals surface area (Å²) in [6, 6.07) is 10.6. The van der Waals surface area contributed by atoms with Crippen LogP contribution in [-0.4, -0.2) is 35.9 Å². The summed E-state index contributed by atoms with van der Waals surface area (Å²) in [5.74, 6) is -2.29. The Bertz CT molecular complexity index is 1260. The van der Waals surface area contributed by atoms with Crippen LogP contribution in [0, 0.1) is 22.7 Å². The lowest BCUT2D eigenvalue weighted by molar-refractivity contribution is -0.117. The quantitative estimate of drug-likeness (QED) is 0.363. The van der Waals surface area contributed by atoms with E-state index < -0.39 is 22.9 Å². The molecule has 3 rings (SSSR count). The molecule has 2 amide bonds. The number of anilines is 2. The number of pyridine rings is 1. The normalized spacial score (nSPS) is 14.4. The number of carbonyl (C=O) groups excluding carboxylic acids is 2. The Kier molecular flexibility index (Phi) is 8.64. The van der Waals surface area contributed by atoms with Gasteiger partial charge in [0.25, 0.3) is 5.91 Å². The molecule has 1 fully saturated rings. The third-order valence-electron chi connectivity index (χ3n) is 5.87. The first-order chi connectivity index (χ1) is 17.2. The Labute approximate surface area is 213 Å². The summed E-state index contributed by atoms with van der Waals surface area (Å²) >= 11 is 1.02. The molecular weight excluding hydrogens is 481 g/mol. The summed E-state index contributed by atoms with van der Waals surface area (Å²) < 4.78 is 13.0. The van der Waals surface area contributed by atoms with Crippen LogP contribution < -0.4 is 21.7 Å². The molecule has 5 N–H and O–H groups in total. The van der Waals surface area contributed by atoms with Crippen LogP contribution >= 0.6 is 11.8 Å². The number of nitriles is 2. The van der Waals surface area contributed by atoms with Crippen molar-refractivity contribution < 1.29 is 14.0 Å². The molecule has 1 aromatic heterocycles. The molecule has 1 aliphatic heterocycles. The average molecular weight is 508 g/mol. The van der Waals surface area contributed by atoms with Gasteiger partial charge in [-0.15, -0.1) is 0 Å². The average Bonchev–Trinajstić information content (AvgIpc) is 2.87. The van der Waals surface area contributed by atoms with E-state index in [0.717, 1.165) is 24.6 Å². The first-order valence-corrected chi connectivity index (χ1v) is 12.2. The summed E-state index contributed by atoms with van der Waals surface area (Å²) in [4.78, 5) is 30.6. The molecule has 1 aromatic carbocycles. The molecule has 1 unspecified atom stereocenters. The Morgan fingerprint density at radius 1 is 1.25 bits per heavy atom. The van der Waals surface area contributed by atoms with Crippen LogP contribution in [0.1, 0.15) is 47.3 Å². The van der Waals surface area contributed by atoms with E-state index in [1.165, 1.54) is 12.1 Å². The molecule has 1 saturated heterocycles. The van der Waals surface area contributed by atoms with E-state index in [-0.39, 0.29) is 11.6 Å². The smallest absolute Gasteiger partial charge is 0.283 e. The summed E-state index contributed by atoms with van der Waals surface area (Å²) in [7, 11) is 0. The second-order valence-electron chi connectivity index (χ2n) is 8.25. The lowest BCUT2D eigenvalue weighted by Crippen LogP contribution is -2.40. The van der Waals surface area contributed by atoms with Gasteiger partial charge in [0, 0.05) is 24.8 Å². The molecule has 0 aliphatic carbocycles. The van der Waals surface area contributed by atoms with Crippen molar-refractivity contribution in [2.45, 2.75) is 42.5 Å². The zero-order valence-electron chi connectivity index (χ0n) is 19.8. The highest BCUT2D eigenvalue weighted by Gasteiger charge is 2.28. The lowest BCUT2D eigenvalue weighted by Gasteiger charge is -2.32. The molecule has 0 spiro atoms. The van der Waals surface area contributed by atoms with Crippen LogP contribution in [0.25, 0.3) is 0 Å². The number of carbonyl (C=O) groups is 2. The third-order valence-corrected chi connectivity index (χ3v) is 7.13. The number of benzene rings is 1. The van der Waals surface area contributed by atoms with Gasteiger partial charge in [0.1, 0.15) is 28.2 Å². The summed E-state index contributed by atoms with van der Waals surface area (Å²) in [5.41, 5.74) is 13.7.